The monoisotopic (exact) mass is 285 g/mol. The Hall–Kier alpha value is -0.850. The van der Waals surface area contributed by atoms with Gasteiger partial charge in [-0.3, -0.25) is 4.90 Å². The van der Waals surface area contributed by atoms with E-state index in [0.29, 0.717) is 6.54 Å². The molecule has 0 spiro atoms. The Labute approximate surface area is 121 Å². The molecule has 6 nitrogen and oxygen atoms in total. The van der Waals surface area contributed by atoms with Gasteiger partial charge in [-0.15, -0.1) is 0 Å². The Morgan fingerprint density at radius 2 is 2.15 bits per heavy atom. The highest BCUT2D eigenvalue weighted by molar-refractivity contribution is 5.74. The molecule has 2 rings (SSSR count). The number of carbonyl (C=O) groups excluding carboxylic acids is 1. The van der Waals surface area contributed by atoms with Gasteiger partial charge in [-0.25, -0.2) is 4.79 Å². The molecular weight excluding hydrogens is 258 g/mol. The van der Waals surface area contributed by atoms with E-state index in [4.69, 9.17) is 9.47 Å². The lowest BCUT2D eigenvalue weighted by atomic mass is 10.2. The molecule has 0 aromatic carbocycles. The van der Waals surface area contributed by atoms with Crippen LogP contribution in [-0.2, 0) is 9.47 Å². The highest BCUT2D eigenvalue weighted by Gasteiger charge is 2.22. The lowest BCUT2D eigenvalue weighted by Crippen LogP contribution is -2.52. The maximum atomic E-state index is 12.0. The Balaban J connectivity index is 1.58. The molecule has 0 aliphatic carbocycles. The first kappa shape index (κ1) is 15.5. The third-order valence-electron chi connectivity index (χ3n) is 3.99. The highest BCUT2D eigenvalue weighted by atomic mass is 16.5. The SMILES string of the molecule is COCCCN1CCN(C(=O)NCC2CCCO2)CC1. The molecule has 2 amide bonds. The minimum atomic E-state index is 0.0528. The van der Waals surface area contributed by atoms with Crippen molar-refractivity contribution in [2.75, 3.05) is 59.6 Å². The maximum Gasteiger partial charge on any atom is 0.317 e. The van der Waals surface area contributed by atoms with E-state index in [9.17, 15) is 4.79 Å². The third-order valence-corrected chi connectivity index (χ3v) is 3.99. The van der Waals surface area contributed by atoms with Crippen LogP contribution in [0, 0.1) is 0 Å². The molecule has 116 valence electrons. The van der Waals surface area contributed by atoms with Crippen molar-refractivity contribution in [2.45, 2.75) is 25.4 Å². The van der Waals surface area contributed by atoms with E-state index in [1.54, 1.807) is 7.11 Å². The molecule has 0 bridgehead atoms. The number of urea groups is 1. The van der Waals surface area contributed by atoms with Gasteiger partial charge in [0.2, 0.25) is 0 Å². The molecule has 2 heterocycles. The van der Waals surface area contributed by atoms with Crippen molar-refractivity contribution in [1.29, 1.82) is 0 Å². The maximum absolute atomic E-state index is 12.0. The number of carbonyl (C=O) groups is 1. The Kier molecular flexibility index (Phi) is 6.56. The van der Waals surface area contributed by atoms with Crippen molar-refractivity contribution in [3.05, 3.63) is 0 Å². The van der Waals surface area contributed by atoms with Crippen LogP contribution in [0.1, 0.15) is 19.3 Å². The van der Waals surface area contributed by atoms with Gasteiger partial charge >= 0.3 is 6.03 Å². The van der Waals surface area contributed by atoms with Crippen LogP contribution in [0.15, 0.2) is 0 Å². The standard InChI is InChI=1S/C14H27N3O3/c1-19-10-3-5-16-6-8-17(9-7-16)14(18)15-12-13-4-2-11-20-13/h13H,2-12H2,1H3,(H,15,18). The number of hydrogen-bond acceptors (Lipinski definition) is 4. The van der Waals surface area contributed by atoms with Gasteiger partial charge in [0, 0.05) is 59.6 Å². The van der Waals surface area contributed by atoms with Gasteiger partial charge in [0.15, 0.2) is 0 Å². The van der Waals surface area contributed by atoms with Crippen molar-refractivity contribution >= 4 is 6.03 Å². The first-order valence-electron chi connectivity index (χ1n) is 7.65. The normalized spacial score (nSPS) is 24.1. The predicted molar refractivity (Wildman–Crippen MR) is 76.9 cm³/mol. The molecule has 2 saturated heterocycles. The molecule has 0 aromatic heterocycles. The van der Waals surface area contributed by atoms with E-state index >= 15 is 0 Å². The third kappa shape index (κ3) is 4.92. The summed E-state index contributed by atoms with van der Waals surface area (Å²) in [5, 5.41) is 2.98. The van der Waals surface area contributed by atoms with Gasteiger partial charge in [0.25, 0.3) is 0 Å². The number of amides is 2. The van der Waals surface area contributed by atoms with Crippen molar-refractivity contribution in [1.82, 2.24) is 15.1 Å². The summed E-state index contributed by atoms with van der Waals surface area (Å²) in [5.41, 5.74) is 0. The van der Waals surface area contributed by atoms with E-state index in [2.05, 4.69) is 10.2 Å². The van der Waals surface area contributed by atoms with E-state index < -0.39 is 0 Å². The molecule has 0 radical (unpaired) electrons. The topological polar surface area (TPSA) is 54.0 Å². The Bertz CT molecular complexity index is 287. The van der Waals surface area contributed by atoms with Gasteiger partial charge in [0.05, 0.1) is 6.10 Å². The fraction of sp³-hybridized carbons (Fsp3) is 0.929. The molecular formula is C14H27N3O3. The zero-order valence-electron chi connectivity index (χ0n) is 12.5. The zero-order valence-corrected chi connectivity index (χ0v) is 12.5. The highest BCUT2D eigenvalue weighted by Crippen LogP contribution is 2.11. The van der Waals surface area contributed by atoms with E-state index in [1.807, 2.05) is 4.90 Å². The van der Waals surface area contributed by atoms with Crippen LogP contribution < -0.4 is 5.32 Å². The summed E-state index contributed by atoms with van der Waals surface area (Å²) in [6.45, 7) is 6.87. The molecule has 2 fully saturated rings. The number of ether oxygens (including phenoxy) is 2. The number of hydrogen-bond donors (Lipinski definition) is 1. The van der Waals surface area contributed by atoms with Gasteiger partial charge in [-0.2, -0.15) is 0 Å². The second-order valence-corrected chi connectivity index (χ2v) is 5.50. The van der Waals surface area contributed by atoms with Gasteiger partial charge < -0.3 is 19.7 Å². The quantitative estimate of drug-likeness (QED) is 0.723. The van der Waals surface area contributed by atoms with Crippen molar-refractivity contribution < 1.29 is 14.3 Å². The first-order valence-corrected chi connectivity index (χ1v) is 7.65. The summed E-state index contributed by atoms with van der Waals surface area (Å²) in [6, 6.07) is 0.0528. The first-order chi connectivity index (χ1) is 9.79. The van der Waals surface area contributed by atoms with E-state index in [0.717, 1.165) is 65.2 Å². The molecule has 6 heteroatoms. The van der Waals surface area contributed by atoms with Crippen LogP contribution in [0.4, 0.5) is 4.79 Å². The van der Waals surface area contributed by atoms with Crippen molar-refractivity contribution in [3.8, 4) is 0 Å². The van der Waals surface area contributed by atoms with E-state index in [1.165, 1.54) is 0 Å². The van der Waals surface area contributed by atoms with Crippen LogP contribution in [0.3, 0.4) is 0 Å². The summed E-state index contributed by atoms with van der Waals surface area (Å²) in [4.78, 5) is 16.3. The van der Waals surface area contributed by atoms with Crippen LogP contribution >= 0.6 is 0 Å². The predicted octanol–water partition coefficient (Wildman–Crippen LogP) is 0.529. The number of nitrogens with zero attached hydrogens (tertiary/aromatic N) is 2. The van der Waals surface area contributed by atoms with Crippen molar-refractivity contribution in [3.63, 3.8) is 0 Å². The van der Waals surface area contributed by atoms with Crippen LogP contribution in [0.25, 0.3) is 0 Å². The molecule has 1 atom stereocenters. The summed E-state index contributed by atoms with van der Waals surface area (Å²) >= 11 is 0. The number of methoxy groups -OCH3 is 1. The lowest BCUT2D eigenvalue weighted by molar-refractivity contribution is 0.103. The van der Waals surface area contributed by atoms with Gasteiger partial charge in [-0.1, -0.05) is 0 Å². The van der Waals surface area contributed by atoms with Gasteiger partial charge in [0.1, 0.15) is 0 Å². The molecule has 2 aliphatic heterocycles. The van der Waals surface area contributed by atoms with Gasteiger partial charge in [-0.05, 0) is 19.3 Å². The fourth-order valence-corrected chi connectivity index (χ4v) is 2.73. The molecule has 20 heavy (non-hydrogen) atoms. The minimum Gasteiger partial charge on any atom is -0.385 e. The summed E-state index contributed by atoms with van der Waals surface area (Å²) < 4.78 is 10.6. The zero-order chi connectivity index (χ0) is 14.2. The average Bonchev–Trinajstić information content (AvgIpc) is 2.99. The number of nitrogens with one attached hydrogen (secondary N) is 1. The molecule has 2 aliphatic rings. The summed E-state index contributed by atoms with van der Waals surface area (Å²) in [7, 11) is 1.73. The van der Waals surface area contributed by atoms with Crippen LogP contribution in [0.2, 0.25) is 0 Å². The molecule has 0 saturated carbocycles. The largest absolute Gasteiger partial charge is 0.385 e. The van der Waals surface area contributed by atoms with Crippen LogP contribution in [-0.4, -0.2) is 81.5 Å². The van der Waals surface area contributed by atoms with Crippen LogP contribution in [0.5, 0.6) is 0 Å². The second-order valence-electron chi connectivity index (χ2n) is 5.50. The second kappa shape index (κ2) is 8.44. The average molecular weight is 285 g/mol. The minimum absolute atomic E-state index is 0.0528. The summed E-state index contributed by atoms with van der Waals surface area (Å²) in [5.74, 6) is 0. The molecule has 1 unspecified atom stereocenters. The summed E-state index contributed by atoms with van der Waals surface area (Å²) in [6.07, 6.45) is 3.45. The molecule has 0 aromatic rings. The van der Waals surface area contributed by atoms with E-state index in [-0.39, 0.29) is 12.1 Å². The Morgan fingerprint density at radius 1 is 1.35 bits per heavy atom. The lowest BCUT2D eigenvalue weighted by Gasteiger charge is -2.34. The fourth-order valence-electron chi connectivity index (χ4n) is 2.73. The Morgan fingerprint density at radius 3 is 2.80 bits per heavy atom. The smallest absolute Gasteiger partial charge is 0.317 e. The number of rotatable bonds is 6. The number of piperazine rings is 1. The van der Waals surface area contributed by atoms with Crippen molar-refractivity contribution in [2.24, 2.45) is 0 Å². The molecule has 1 N–H and O–H groups in total.